The monoisotopic (exact) mass is 277 g/mol. The third kappa shape index (κ3) is 2.91. The van der Waals surface area contributed by atoms with Gasteiger partial charge in [-0.05, 0) is 30.8 Å². The Labute approximate surface area is 119 Å². The summed E-state index contributed by atoms with van der Waals surface area (Å²) in [7, 11) is 0. The van der Waals surface area contributed by atoms with Crippen molar-refractivity contribution in [2.45, 2.75) is 32.2 Å². The van der Waals surface area contributed by atoms with E-state index in [4.69, 9.17) is 17.2 Å². The molecule has 1 heterocycles. The fraction of sp³-hybridized carbons (Fsp3) is 0.571. The minimum absolute atomic E-state index is 0.144. The molecular formula is C14H23N5O. The van der Waals surface area contributed by atoms with Crippen LogP contribution in [-0.2, 0) is 4.79 Å². The molecule has 6 nitrogen and oxygen atoms in total. The molecular weight excluding hydrogens is 254 g/mol. The van der Waals surface area contributed by atoms with Crippen molar-refractivity contribution in [2.75, 3.05) is 13.2 Å². The number of hydrogen-bond acceptors (Lipinski definition) is 5. The molecule has 0 radical (unpaired) electrons. The van der Waals surface area contributed by atoms with Gasteiger partial charge in [0.05, 0.1) is 25.1 Å². The van der Waals surface area contributed by atoms with Crippen LogP contribution in [0, 0.1) is 5.92 Å². The number of primary amides is 1. The Morgan fingerprint density at radius 2 is 2.30 bits per heavy atom. The zero-order chi connectivity index (χ0) is 14.7. The molecule has 0 aromatic heterocycles. The number of allylic oxidation sites excluding steroid dienone is 2. The molecule has 6 N–H and O–H groups in total. The van der Waals surface area contributed by atoms with Crippen LogP contribution in [0.15, 0.2) is 28.5 Å². The number of amides is 1. The fourth-order valence-corrected chi connectivity index (χ4v) is 2.70. The SMILES string of the molecule is C[C@@H]1C(C2=CN=C(C(N)=O)CN2CN)=CCCCC1N. The molecule has 0 saturated heterocycles. The molecule has 1 aliphatic carbocycles. The predicted molar refractivity (Wildman–Crippen MR) is 79.5 cm³/mol. The van der Waals surface area contributed by atoms with Gasteiger partial charge in [-0.3, -0.25) is 9.79 Å². The largest absolute Gasteiger partial charge is 0.364 e. The number of nitrogens with zero attached hydrogens (tertiary/aromatic N) is 2. The Balaban J connectivity index is 2.33. The van der Waals surface area contributed by atoms with Crippen LogP contribution in [0.4, 0.5) is 0 Å². The second kappa shape index (κ2) is 6.19. The second-order valence-electron chi connectivity index (χ2n) is 5.38. The number of hydrogen-bond donors (Lipinski definition) is 3. The first-order chi connectivity index (χ1) is 9.54. The summed E-state index contributed by atoms with van der Waals surface area (Å²) < 4.78 is 0. The molecule has 0 aromatic rings. The number of carbonyl (C=O) groups is 1. The Morgan fingerprint density at radius 3 is 2.95 bits per heavy atom. The fourth-order valence-electron chi connectivity index (χ4n) is 2.70. The van der Waals surface area contributed by atoms with Crippen molar-refractivity contribution in [1.29, 1.82) is 0 Å². The van der Waals surface area contributed by atoms with E-state index in [2.05, 4.69) is 18.0 Å². The minimum Gasteiger partial charge on any atom is -0.364 e. The highest BCUT2D eigenvalue weighted by Crippen LogP contribution is 2.31. The van der Waals surface area contributed by atoms with E-state index in [9.17, 15) is 4.79 Å². The van der Waals surface area contributed by atoms with E-state index in [1.165, 1.54) is 5.57 Å². The lowest BCUT2D eigenvalue weighted by Crippen LogP contribution is -2.42. The van der Waals surface area contributed by atoms with Crippen molar-refractivity contribution in [1.82, 2.24) is 4.90 Å². The molecule has 1 unspecified atom stereocenters. The Bertz CT molecular complexity index is 480. The van der Waals surface area contributed by atoms with Crippen molar-refractivity contribution in [3.63, 3.8) is 0 Å². The van der Waals surface area contributed by atoms with E-state index < -0.39 is 5.91 Å². The number of aliphatic imine (C=N–C) groups is 1. The molecule has 2 atom stereocenters. The molecule has 20 heavy (non-hydrogen) atoms. The van der Waals surface area contributed by atoms with Crippen LogP contribution in [-0.4, -0.2) is 35.8 Å². The molecule has 0 spiro atoms. The average Bonchev–Trinajstić information content (AvgIpc) is 2.61. The smallest absolute Gasteiger partial charge is 0.264 e. The maximum atomic E-state index is 11.2. The van der Waals surface area contributed by atoms with Gasteiger partial charge in [0.25, 0.3) is 5.91 Å². The number of rotatable bonds is 3. The van der Waals surface area contributed by atoms with Gasteiger partial charge in [-0.2, -0.15) is 0 Å². The lowest BCUT2D eigenvalue weighted by molar-refractivity contribution is -0.112. The highest BCUT2D eigenvalue weighted by molar-refractivity contribution is 6.39. The van der Waals surface area contributed by atoms with Gasteiger partial charge in [0.1, 0.15) is 5.71 Å². The van der Waals surface area contributed by atoms with Gasteiger partial charge < -0.3 is 22.1 Å². The van der Waals surface area contributed by atoms with Crippen molar-refractivity contribution in [3.8, 4) is 0 Å². The van der Waals surface area contributed by atoms with Gasteiger partial charge in [-0.1, -0.05) is 13.0 Å². The third-order valence-electron chi connectivity index (χ3n) is 4.06. The summed E-state index contributed by atoms with van der Waals surface area (Å²) in [6.45, 7) is 2.80. The first-order valence-corrected chi connectivity index (χ1v) is 7.02. The summed E-state index contributed by atoms with van der Waals surface area (Å²) in [4.78, 5) is 17.3. The molecule has 0 aromatic carbocycles. The summed E-state index contributed by atoms with van der Waals surface area (Å²) in [5.74, 6) is -0.249. The molecule has 2 rings (SSSR count). The summed E-state index contributed by atoms with van der Waals surface area (Å²) in [6, 6.07) is 0.144. The normalized spacial score (nSPS) is 27.4. The quantitative estimate of drug-likeness (QED) is 0.677. The van der Waals surface area contributed by atoms with E-state index in [0.29, 0.717) is 18.9 Å². The third-order valence-corrected chi connectivity index (χ3v) is 4.06. The minimum atomic E-state index is -0.502. The van der Waals surface area contributed by atoms with Gasteiger partial charge in [0.15, 0.2) is 0 Å². The van der Waals surface area contributed by atoms with Gasteiger partial charge >= 0.3 is 0 Å². The Morgan fingerprint density at radius 1 is 1.55 bits per heavy atom. The molecule has 1 aliphatic heterocycles. The van der Waals surface area contributed by atoms with Crippen LogP contribution in [0.1, 0.15) is 26.2 Å². The highest BCUT2D eigenvalue weighted by Gasteiger charge is 2.27. The van der Waals surface area contributed by atoms with Crippen LogP contribution in [0.2, 0.25) is 0 Å². The standard InChI is InChI=1S/C14H23N5O/c1-9-10(4-2-3-5-11(9)16)13-6-18-12(14(17)20)7-19(13)8-15/h4,6,9,11H,2-3,5,7-8,15-16H2,1H3,(H2,17,20)/t9-,11?/m1/s1. The van der Waals surface area contributed by atoms with E-state index in [-0.39, 0.29) is 12.0 Å². The molecule has 1 amide bonds. The zero-order valence-corrected chi connectivity index (χ0v) is 11.9. The van der Waals surface area contributed by atoms with Crippen LogP contribution in [0.5, 0.6) is 0 Å². The molecule has 6 heteroatoms. The summed E-state index contributed by atoms with van der Waals surface area (Å²) in [6.07, 6.45) is 7.04. The van der Waals surface area contributed by atoms with Crippen molar-refractivity contribution in [2.24, 2.45) is 28.1 Å². The second-order valence-corrected chi connectivity index (χ2v) is 5.38. The van der Waals surface area contributed by atoms with Crippen LogP contribution >= 0.6 is 0 Å². The molecule has 2 aliphatic rings. The summed E-state index contributed by atoms with van der Waals surface area (Å²) in [5.41, 5.74) is 19.8. The van der Waals surface area contributed by atoms with Gasteiger partial charge in [-0.25, -0.2) is 0 Å². The van der Waals surface area contributed by atoms with Gasteiger partial charge in [-0.15, -0.1) is 0 Å². The Kier molecular flexibility index (Phi) is 4.57. The molecule has 0 fully saturated rings. The first kappa shape index (κ1) is 14.7. The van der Waals surface area contributed by atoms with Gasteiger partial charge in [0, 0.05) is 6.04 Å². The van der Waals surface area contributed by atoms with Crippen molar-refractivity contribution >= 4 is 11.6 Å². The molecule has 0 bridgehead atoms. The highest BCUT2D eigenvalue weighted by atomic mass is 16.1. The maximum Gasteiger partial charge on any atom is 0.264 e. The number of nitrogens with two attached hydrogens (primary N) is 3. The summed E-state index contributed by atoms with van der Waals surface area (Å²) >= 11 is 0. The maximum absolute atomic E-state index is 11.2. The zero-order valence-electron chi connectivity index (χ0n) is 11.9. The van der Waals surface area contributed by atoms with Crippen molar-refractivity contribution < 1.29 is 4.79 Å². The van der Waals surface area contributed by atoms with E-state index in [1.807, 2.05) is 4.90 Å². The summed E-state index contributed by atoms with van der Waals surface area (Å²) in [5, 5.41) is 0. The first-order valence-electron chi connectivity index (χ1n) is 7.02. The van der Waals surface area contributed by atoms with E-state index in [0.717, 1.165) is 25.0 Å². The van der Waals surface area contributed by atoms with Crippen molar-refractivity contribution in [3.05, 3.63) is 23.5 Å². The van der Waals surface area contributed by atoms with Crippen LogP contribution in [0.3, 0.4) is 0 Å². The van der Waals surface area contributed by atoms with Crippen LogP contribution in [0.25, 0.3) is 0 Å². The molecule has 110 valence electrons. The van der Waals surface area contributed by atoms with Crippen LogP contribution < -0.4 is 17.2 Å². The van der Waals surface area contributed by atoms with E-state index >= 15 is 0 Å². The van der Waals surface area contributed by atoms with Gasteiger partial charge in [0.2, 0.25) is 0 Å². The topological polar surface area (TPSA) is 111 Å². The Hall–Kier alpha value is -1.66. The predicted octanol–water partition coefficient (Wildman–Crippen LogP) is 0.0596. The average molecular weight is 277 g/mol. The number of carbonyl (C=O) groups excluding carboxylic acids is 1. The molecule has 0 saturated carbocycles. The lowest BCUT2D eigenvalue weighted by Gasteiger charge is -2.32. The van der Waals surface area contributed by atoms with E-state index in [1.54, 1.807) is 6.20 Å². The lowest BCUT2D eigenvalue weighted by atomic mass is 9.90.